The number of rotatable bonds is 4. The first kappa shape index (κ1) is 14.8. The van der Waals surface area contributed by atoms with Crippen LogP contribution in [-0.4, -0.2) is 11.8 Å². The number of carbonyl (C=O) groups is 2. The number of benzene rings is 2. The number of primary amides is 1. The second-order valence-corrected chi connectivity index (χ2v) is 5.38. The van der Waals surface area contributed by atoms with Gasteiger partial charge < -0.3 is 15.5 Å². The molecule has 1 heterocycles. The van der Waals surface area contributed by atoms with Crippen LogP contribution in [0.25, 0.3) is 11.0 Å². The predicted molar refractivity (Wildman–Crippen MR) is 88.2 cm³/mol. The Hall–Kier alpha value is -3.08. The van der Waals surface area contributed by atoms with Crippen molar-refractivity contribution in [2.45, 2.75) is 13.3 Å². The van der Waals surface area contributed by atoms with E-state index < -0.39 is 5.91 Å². The van der Waals surface area contributed by atoms with Gasteiger partial charge in [0, 0.05) is 5.39 Å². The van der Waals surface area contributed by atoms with E-state index >= 15 is 0 Å². The standard InChI is InChI=1S/C18H16N2O3/c1-11-6-8-12(9-7-11)10-15(21)20-16-13-4-2-3-5-14(13)23-17(16)18(19)22/h2-9H,10H2,1H3,(H2,19,22)(H,20,21). The monoisotopic (exact) mass is 308 g/mol. The van der Waals surface area contributed by atoms with Gasteiger partial charge in [0.1, 0.15) is 11.3 Å². The summed E-state index contributed by atoms with van der Waals surface area (Å²) in [5.41, 5.74) is 8.19. The lowest BCUT2D eigenvalue weighted by Crippen LogP contribution is -2.18. The van der Waals surface area contributed by atoms with E-state index in [1.165, 1.54) is 0 Å². The molecule has 0 bridgehead atoms. The summed E-state index contributed by atoms with van der Waals surface area (Å²) in [4.78, 5) is 23.8. The lowest BCUT2D eigenvalue weighted by Gasteiger charge is -2.05. The third kappa shape index (κ3) is 3.08. The van der Waals surface area contributed by atoms with Gasteiger partial charge in [-0.15, -0.1) is 0 Å². The summed E-state index contributed by atoms with van der Waals surface area (Å²) in [6.45, 7) is 1.99. The van der Waals surface area contributed by atoms with Gasteiger partial charge in [-0.1, -0.05) is 42.0 Å². The van der Waals surface area contributed by atoms with Crippen molar-refractivity contribution in [1.29, 1.82) is 0 Å². The fraction of sp³-hybridized carbons (Fsp3) is 0.111. The Morgan fingerprint density at radius 2 is 1.78 bits per heavy atom. The van der Waals surface area contributed by atoms with Gasteiger partial charge in [-0.2, -0.15) is 0 Å². The fourth-order valence-electron chi connectivity index (χ4n) is 2.42. The van der Waals surface area contributed by atoms with E-state index in [0.29, 0.717) is 16.7 Å². The summed E-state index contributed by atoms with van der Waals surface area (Å²) in [6, 6.07) is 14.8. The molecule has 0 fully saturated rings. The van der Waals surface area contributed by atoms with Gasteiger partial charge in [0.25, 0.3) is 5.91 Å². The Morgan fingerprint density at radius 3 is 2.48 bits per heavy atom. The highest BCUT2D eigenvalue weighted by Crippen LogP contribution is 2.30. The third-order valence-electron chi connectivity index (χ3n) is 3.57. The normalized spacial score (nSPS) is 10.7. The number of fused-ring (bicyclic) bond motifs is 1. The van der Waals surface area contributed by atoms with Gasteiger partial charge in [0.2, 0.25) is 11.7 Å². The van der Waals surface area contributed by atoms with Gasteiger partial charge in [-0.3, -0.25) is 9.59 Å². The molecule has 0 unspecified atom stereocenters. The van der Waals surface area contributed by atoms with Crippen LogP contribution in [0.4, 0.5) is 5.69 Å². The second kappa shape index (κ2) is 5.96. The molecule has 0 radical (unpaired) electrons. The van der Waals surface area contributed by atoms with E-state index in [4.69, 9.17) is 10.2 Å². The molecule has 116 valence electrons. The maximum absolute atomic E-state index is 12.3. The van der Waals surface area contributed by atoms with Crippen molar-refractivity contribution in [3.05, 3.63) is 65.4 Å². The van der Waals surface area contributed by atoms with Gasteiger partial charge in [-0.05, 0) is 24.6 Å². The lowest BCUT2D eigenvalue weighted by molar-refractivity contribution is -0.115. The number of carbonyl (C=O) groups excluding carboxylic acids is 2. The zero-order valence-corrected chi connectivity index (χ0v) is 12.6. The number of anilines is 1. The minimum Gasteiger partial charge on any atom is -0.449 e. The van der Waals surface area contributed by atoms with Crippen molar-refractivity contribution in [2.24, 2.45) is 5.73 Å². The van der Waals surface area contributed by atoms with Crippen LogP contribution in [-0.2, 0) is 11.2 Å². The molecule has 0 aliphatic carbocycles. The average molecular weight is 308 g/mol. The van der Waals surface area contributed by atoms with E-state index in [9.17, 15) is 9.59 Å². The van der Waals surface area contributed by atoms with Crippen molar-refractivity contribution in [1.82, 2.24) is 0 Å². The van der Waals surface area contributed by atoms with Gasteiger partial charge >= 0.3 is 0 Å². The van der Waals surface area contributed by atoms with Crippen LogP contribution in [0.1, 0.15) is 21.7 Å². The number of nitrogens with one attached hydrogen (secondary N) is 1. The van der Waals surface area contributed by atoms with Crippen molar-refractivity contribution < 1.29 is 14.0 Å². The van der Waals surface area contributed by atoms with Crippen LogP contribution in [0, 0.1) is 6.92 Å². The highest BCUT2D eigenvalue weighted by Gasteiger charge is 2.20. The first-order valence-electron chi connectivity index (χ1n) is 7.21. The van der Waals surface area contributed by atoms with Gasteiger partial charge in [0.05, 0.1) is 6.42 Å². The molecule has 2 aromatic carbocycles. The number of nitrogens with two attached hydrogens (primary N) is 1. The topological polar surface area (TPSA) is 85.3 Å². The summed E-state index contributed by atoms with van der Waals surface area (Å²) < 4.78 is 5.44. The Kier molecular flexibility index (Phi) is 3.85. The van der Waals surface area contributed by atoms with Crippen LogP contribution >= 0.6 is 0 Å². The molecule has 23 heavy (non-hydrogen) atoms. The Balaban J connectivity index is 1.88. The summed E-state index contributed by atoms with van der Waals surface area (Å²) in [6.07, 6.45) is 0.206. The van der Waals surface area contributed by atoms with Crippen LogP contribution in [0.15, 0.2) is 52.9 Å². The van der Waals surface area contributed by atoms with Crippen LogP contribution in [0.3, 0.4) is 0 Å². The van der Waals surface area contributed by atoms with Crippen LogP contribution < -0.4 is 11.1 Å². The predicted octanol–water partition coefficient (Wildman–Crippen LogP) is 3.02. The Labute approximate surface area is 133 Å². The minimum absolute atomic E-state index is 0.0385. The van der Waals surface area contributed by atoms with E-state index in [-0.39, 0.29) is 18.1 Å². The number of aryl methyl sites for hydroxylation is 1. The molecule has 5 heteroatoms. The summed E-state index contributed by atoms with van der Waals surface area (Å²) in [7, 11) is 0. The molecule has 3 rings (SSSR count). The highest BCUT2D eigenvalue weighted by molar-refractivity contribution is 6.10. The first-order chi connectivity index (χ1) is 11.0. The van der Waals surface area contributed by atoms with Crippen LogP contribution in [0.2, 0.25) is 0 Å². The zero-order valence-electron chi connectivity index (χ0n) is 12.6. The molecule has 3 N–H and O–H groups in total. The number of amides is 2. The maximum Gasteiger partial charge on any atom is 0.286 e. The molecule has 0 spiro atoms. The van der Waals surface area contributed by atoms with E-state index in [2.05, 4.69) is 5.32 Å². The van der Waals surface area contributed by atoms with E-state index in [0.717, 1.165) is 11.1 Å². The van der Waals surface area contributed by atoms with Crippen molar-refractivity contribution >= 4 is 28.5 Å². The van der Waals surface area contributed by atoms with Crippen LogP contribution in [0.5, 0.6) is 0 Å². The number of para-hydroxylation sites is 1. The highest BCUT2D eigenvalue weighted by atomic mass is 16.3. The number of hydrogen-bond acceptors (Lipinski definition) is 3. The Morgan fingerprint density at radius 1 is 1.09 bits per heavy atom. The zero-order chi connectivity index (χ0) is 16.4. The van der Waals surface area contributed by atoms with Crippen molar-refractivity contribution in [2.75, 3.05) is 5.32 Å². The summed E-state index contributed by atoms with van der Waals surface area (Å²) in [5, 5.41) is 3.40. The number of hydrogen-bond donors (Lipinski definition) is 2. The molecule has 0 atom stereocenters. The largest absolute Gasteiger partial charge is 0.449 e. The quantitative estimate of drug-likeness (QED) is 0.777. The van der Waals surface area contributed by atoms with E-state index in [1.54, 1.807) is 24.3 Å². The second-order valence-electron chi connectivity index (χ2n) is 5.38. The summed E-state index contributed by atoms with van der Waals surface area (Å²) in [5.74, 6) is -0.988. The Bertz CT molecular complexity index is 879. The molecule has 0 saturated carbocycles. The van der Waals surface area contributed by atoms with Crippen molar-refractivity contribution in [3.63, 3.8) is 0 Å². The molecule has 0 aliphatic heterocycles. The van der Waals surface area contributed by atoms with Gasteiger partial charge in [0.15, 0.2) is 0 Å². The first-order valence-corrected chi connectivity index (χ1v) is 7.21. The lowest BCUT2D eigenvalue weighted by atomic mass is 10.1. The number of furan rings is 1. The molecule has 0 aliphatic rings. The maximum atomic E-state index is 12.3. The minimum atomic E-state index is -0.716. The SMILES string of the molecule is Cc1ccc(CC(=O)Nc2c(C(N)=O)oc3ccccc23)cc1. The molecule has 0 saturated heterocycles. The van der Waals surface area contributed by atoms with Crippen molar-refractivity contribution in [3.8, 4) is 0 Å². The fourth-order valence-corrected chi connectivity index (χ4v) is 2.42. The molecule has 3 aromatic rings. The molecular formula is C18H16N2O3. The third-order valence-corrected chi connectivity index (χ3v) is 3.57. The smallest absolute Gasteiger partial charge is 0.286 e. The molecule has 5 nitrogen and oxygen atoms in total. The molecular weight excluding hydrogens is 292 g/mol. The van der Waals surface area contributed by atoms with E-state index in [1.807, 2.05) is 31.2 Å². The summed E-state index contributed by atoms with van der Waals surface area (Å²) >= 11 is 0. The molecule has 1 aromatic heterocycles. The van der Waals surface area contributed by atoms with Gasteiger partial charge in [-0.25, -0.2) is 0 Å². The average Bonchev–Trinajstić information content (AvgIpc) is 2.89. The molecule has 2 amide bonds.